The van der Waals surface area contributed by atoms with E-state index in [2.05, 4.69) is 26.2 Å². The van der Waals surface area contributed by atoms with Gasteiger partial charge in [-0.25, -0.2) is 4.68 Å². The van der Waals surface area contributed by atoms with E-state index in [-0.39, 0.29) is 11.8 Å². The van der Waals surface area contributed by atoms with Gasteiger partial charge in [0.1, 0.15) is 18.1 Å². The SMILES string of the molecule is CNC(=O)c1ccc(OC)c(NC(=O)C(Cc2ccccc2)n2cnnn2)c1. The van der Waals surface area contributed by atoms with Gasteiger partial charge in [0, 0.05) is 19.0 Å². The van der Waals surface area contributed by atoms with Crippen molar-refractivity contribution in [2.24, 2.45) is 0 Å². The molecule has 1 unspecified atom stereocenters. The normalized spacial score (nSPS) is 11.5. The Bertz CT molecular complexity index is 944. The van der Waals surface area contributed by atoms with Gasteiger partial charge in [-0.15, -0.1) is 5.10 Å². The molecule has 0 aliphatic carbocycles. The van der Waals surface area contributed by atoms with Crippen molar-refractivity contribution in [2.75, 3.05) is 19.5 Å². The number of methoxy groups -OCH3 is 1. The zero-order chi connectivity index (χ0) is 19.9. The number of ether oxygens (including phenoxy) is 1. The van der Waals surface area contributed by atoms with E-state index in [0.717, 1.165) is 5.56 Å². The second-order valence-corrected chi connectivity index (χ2v) is 5.98. The minimum absolute atomic E-state index is 0.264. The zero-order valence-corrected chi connectivity index (χ0v) is 15.5. The summed E-state index contributed by atoms with van der Waals surface area (Å²) in [6.45, 7) is 0. The molecule has 2 aromatic carbocycles. The molecule has 1 aromatic heterocycles. The highest BCUT2D eigenvalue weighted by molar-refractivity contribution is 5.99. The third-order valence-electron chi connectivity index (χ3n) is 4.21. The van der Waals surface area contributed by atoms with E-state index in [1.54, 1.807) is 25.2 Å². The number of carbonyl (C=O) groups excluding carboxylic acids is 2. The average Bonchev–Trinajstić information content (AvgIpc) is 3.26. The first-order valence-corrected chi connectivity index (χ1v) is 8.59. The van der Waals surface area contributed by atoms with Crippen molar-refractivity contribution in [2.45, 2.75) is 12.5 Å². The highest BCUT2D eigenvalue weighted by atomic mass is 16.5. The molecule has 0 saturated carbocycles. The quantitative estimate of drug-likeness (QED) is 0.642. The molecule has 0 aliphatic rings. The van der Waals surface area contributed by atoms with Crippen LogP contribution in [0.1, 0.15) is 22.0 Å². The number of carbonyl (C=O) groups is 2. The summed E-state index contributed by atoms with van der Waals surface area (Å²) >= 11 is 0. The Morgan fingerprint density at radius 2 is 1.96 bits per heavy atom. The van der Waals surface area contributed by atoms with Crippen molar-refractivity contribution < 1.29 is 14.3 Å². The number of anilines is 1. The van der Waals surface area contributed by atoms with E-state index in [1.807, 2.05) is 30.3 Å². The molecule has 0 radical (unpaired) electrons. The lowest BCUT2D eigenvalue weighted by atomic mass is 10.1. The molecule has 1 heterocycles. The average molecular weight is 380 g/mol. The number of tetrazole rings is 1. The summed E-state index contributed by atoms with van der Waals surface area (Å²) < 4.78 is 6.71. The fourth-order valence-corrected chi connectivity index (χ4v) is 2.76. The van der Waals surface area contributed by atoms with E-state index in [1.165, 1.54) is 18.1 Å². The van der Waals surface area contributed by atoms with Crippen LogP contribution in [0.3, 0.4) is 0 Å². The molecule has 9 nitrogen and oxygen atoms in total. The lowest BCUT2D eigenvalue weighted by Gasteiger charge is -2.18. The largest absolute Gasteiger partial charge is 0.495 e. The summed E-state index contributed by atoms with van der Waals surface area (Å²) in [5.74, 6) is -0.154. The lowest BCUT2D eigenvalue weighted by Crippen LogP contribution is -2.29. The third-order valence-corrected chi connectivity index (χ3v) is 4.21. The number of hydrogen-bond acceptors (Lipinski definition) is 6. The fourth-order valence-electron chi connectivity index (χ4n) is 2.76. The van der Waals surface area contributed by atoms with Gasteiger partial charge >= 0.3 is 0 Å². The van der Waals surface area contributed by atoms with Crippen LogP contribution in [0.4, 0.5) is 5.69 Å². The second kappa shape index (κ2) is 8.76. The molecule has 3 aromatic rings. The molecule has 28 heavy (non-hydrogen) atoms. The number of nitrogens with one attached hydrogen (secondary N) is 2. The van der Waals surface area contributed by atoms with Crippen LogP contribution in [0.15, 0.2) is 54.9 Å². The molecule has 0 aliphatic heterocycles. The Labute approximate surface area is 161 Å². The third kappa shape index (κ3) is 4.32. The number of hydrogen-bond donors (Lipinski definition) is 2. The highest BCUT2D eigenvalue weighted by Gasteiger charge is 2.24. The fraction of sp³-hybridized carbons (Fsp3) is 0.211. The number of amides is 2. The molecule has 9 heteroatoms. The molecule has 1 atom stereocenters. The summed E-state index contributed by atoms with van der Waals surface area (Å²) in [4.78, 5) is 25.0. The summed E-state index contributed by atoms with van der Waals surface area (Å²) in [7, 11) is 3.03. The summed E-state index contributed by atoms with van der Waals surface area (Å²) in [6, 6.07) is 13.7. The van der Waals surface area contributed by atoms with Gasteiger partial charge in [0.2, 0.25) is 5.91 Å². The molecular formula is C19H20N6O3. The zero-order valence-electron chi connectivity index (χ0n) is 15.5. The molecule has 144 valence electrons. The molecule has 3 rings (SSSR count). The van der Waals surface area contributed by atoms with E-state index in [0.29, 0.717) is 23.4 Å². The summed E-state index contributed by atoms with van der Waals surface area (Å²) in [5, 5.41) is 16.5. The first kappa shape index (κ1) is 19.0. The first-order valence-electron chi connectivity index (χ1n) is 8.59. The molecule has 0 saturated heterocycles. The van der Waals surface area contributed by atoms with Crippen LogP contribution in [-0.2, 0) is 11.2 Å². The minimum Gasteiger partial charge on any atom is -0.495 e. The van der Waals surface area contributed by atoms with Gasteiger partial charge in [0.05, 0.1) is 12.8 Å². The van der Waals surface area contributed by atoms with Gasteiger partial charge in [0.25, 0.3) is 5.91 Å². The van der Waals surface area contributed by atoms with Gasteiger partial charge in [0.15, 0.2) is 0 Å². The standard InChI is InChI=1S/C19H20N6O3/c1-20-18(26)14-8-9-17(28-2)15(11-14)22-19(27)16(25-12-21-23-24-25)10-13-6-4-3-5-7-13/h3-9,11-12,16H,10H2,1-2H3,(H,20,26)(H,22,27). The van der Waals surface area contributed by atoms with Gasteiger partial charge in [-0.3, -0.25) is 9.59 Å². The van der Waals surface area contributed by atoms with Crippen molar-refractivity contribution in [3.05, 3.63) is 66.0 Å². The smallest absolute Gasteiger partial charge is 0.251 e. The Morgan fingerprint density at radius 3 is 2.61 bits per heavy atom. The maximum atomic E-state index is 13.1. The van der Waals surface area contributed by atoms with Crippen LogP contribution in [0, 0.1) is 0 Å². The number of rotatable bonds is 7. The predicted molar refractivity (Wildman–Crippen MR) is 102 cm³/mol. The van der Waals surface area contributed by atoms with Crippen LogP contribution >= 0.6 is 0 Å². The number of nitrogens with zero attached hydrogens (tertiary/aromatic N) is 4. The molecule has 0 fully saturated rings. The first-order chi connectivity index (χ1) is 13.6. The second-order valence-electron chi connectivity index (χ2n) is 5.98. The van der Waals surface area contributed by atoms with Gasteiger partial charge < -0.3 is 15.4 Å². The Balaban J connectivity index is 1.88. The molecule has 2 amide bonds. The topological polar surface area (TPSA) is 111 Å². The van der Waals surface area contributed by atoms with E-state index >= 15 is 0 Å². The maximum absolute atomic E-state index is 13.1. The number of aromatic nitrogens is 4. The molecule has 2 N–H and O–H groups in total. The van der Waals surface area contributed by atoms with Crippen LogP contribution < -0.4 is 15.4 Å². The van der Waals surface area contributed by atoms with Crippen molar-refractivity contribution in [1.29, 1.82) is 0 Å². The van der Waals surface area contributed by atoms with Crippen LogP contribution in [0.5, 0.6) is 5.75 Å². The lowest BCUT2D eigenvalue weighted by molar-refractivity contribution is -0.119. The maximum Gasteiger partial charge on any atom is 0.251 e. The Morgan fingerprint density at radius 1 is 1.18 bits per heavy atom. The minimum atomic E-state index is -0.675. The van der Waals surface area contributed by atoms with Crippen LogP contribution in [-0.4, -0.2) is 46.2 Å². The number of benzene rings is 2. The van der Waals surface area contributed by atoms with E-state index < -0.39 is 6.04 Å². The van der Waals surface area contributed by atoms with E-state index in [4.69, 9.17) is 4.74 Å². The van der Waals surface area contributed by atoms with Gasteiger partial charge in [-0.2, -0.15) is 0 Å². The molecule has 0 bridgehead atoms. The Hall–Kier alpha value is -3.75. The summed E-state index contributed by atoms with van der Waals surface area (Å²) in [6.07, 6.45) is 1.79. The van der Waals surface area contributed by atoms with E-state index in [9.17, 15) is 9.59 Å². The van der Waals surface area contributed by atoms with Crippen LogP contribution in [0.25, 0.3) is 0 Å². The molecular weight excluding hydrogens is 360 g/mol. The highest BCUT2D eigenvalue weighted by Crippen LogP contribution is 2.27. The van der Waals surface area contributed by atoms with Crippen LogP contribution in [0.2, 0.25) is 0 Å². The Kier molecular flexibility index (Phi) is 5.95. The van der Waals surface area contributed by atoms with Crippen molar-refractivity contribution in [1.82, 2.24) is 25.5 Å². The van der Waals surface area contributed by atoms with Crippen molar-refractivity contribution in [3.8, 4) is 5.75 Å². The van der Waals surface area contributed by atoms with Crippen molar-refractivity contribution in [3.63, 3.8) is 0 Å². The van der Waals surface area contributed by atoms with Gasteiger partial charge in [-0.1, -0.05) is 30.3 Å². The summed E-state index contributed by atoms with van der Waals surface area (Å²) in [5.41, 5.74) is 1.75. The van der Waals surface area contributed by atoms with Crippen molar-refractivity contribution >= 4 is 17.5 Å². The van der Waals surface area contributed by atoms with Gasteiger partial charge in [-0.05, 0) is 34.2 Å². The molecule has 0 spiro atoms. The predicted octanol–water partition coefficient (Wildman–Crippen LogP) is 1.46. The monoisotopic (exact) mass is 380 g/mol.